The standard InChI is InChI=1S/C17H27N3OS2/c1-5-6-12-23(21,18-4,13-14-10-8-7-9-11-14)16-19-15(22)17(2,3)20-16/h7-11H,5-6,12-13H2,1-4H3,(H,18,21)(H,19,20,22). The van der Waals surface area contributed by atoms with E-state index in [0.717, 1.165) is 18.4 Å². The van der Waals surface area contributed by atoms with Crippen molar-refractivity contribution in [3.63, 3.8) is 0 Å². The van der Waals surface area contributed by atoms with Gasteiger partial charge in [-0.25, -0.2) is 4.99 Å². The smallest absolute Gasteiger partial charge is 0.184 e. The fraction of sp³-hybridized carbons (Fsp3) is 0.529. The minimum atomic E-state index is -3.37. The van der Waals surface area contributed by atoms with Crippen molar-refractivity contribution in [3.05, 3.63) is 35.9 Å². The largest absolute Gasteiger partial charge is 0.326 e. The Kier molecular flexibility index (Phi) is 5.09. The topological polar surface area (TPSA) is 53.5 Å². The van der Waals surface area contributed by atoms with E-state index in [1.54, 1.807) is 7.05 Å². The number of unbranched alkanes of at least 4 members (excludes halogenated alkanes) is 1. The van der Waals surface area contributed by atoms with Crippen LogP contribution in [0.1, 0.15) is 39.2 Å². The van der Waals surface area contributed by atoms with Gasteiger partial charge in [-0.15, -0.1) is 0 Å². The highest BCUT2D eigenvalue weighted by molar-refractivity contribution is 8.30. The van der Waals surface area contributed by atoms with Crippen LogP contribution in [0.5, 0.6) is 0 Å². The monoisotopic (exact) mass is 353 g/mol. The second-order valence-electron chi connectivity index (χ2n) is 6.61. The summed E-state index contributed by atoms with van der Waals surface area (Å²) in [5.41, 5.74) is 0.530. The normalized spacial score (nSPS) is 18.9. The number of thiocarbonyl (C=S) groups is 1. The second kappa shape index (κ2) is 6.42. The van der Waals surface area contributed by atoms with E-state index >= 15 is 0 Å². The second-order valence-corrected chi connectivity index (χ2v) is 11.1. The molecule has 0 saturated carbocycles. The molecule has 0 spiro atoms. The molecule has 23 heavy (non-hydrogen) atoms. The molecule has 0 fully saturated rings. The molecule has 1 aromatic rings. The van der Waals surface area contributed by atoms with Crippen LogP contribution >= 0.6 is 12.2 Å². The van der Waals surface area contributed by atoms with Crippen LogP contribution in [0.4, 0.5) is 0 Å². The van der Waals surface area contributed by atoms with Gasteiger partial charge in [-0.05, 0) is 32.9 Å². The van der Waals surface area contributed by atoms with Gasteiger partial charge < -0.3 is 5.32 Å². The predicted molar refractivity (Wildman–Crippen MR) is 104 cm³/mol. The van der Waals surface area contributed by atoms with Crippen LogP contribution in [0.25, 0.3) is 0 Å². The maximum atomic E-state index is 14.4. The van der Waals surface area contributed by atoms with E-state index in [4.69, 9.17) is 17.2 Å². The van der Waals surface area contributed by atoms with Crippen molar-refractivity contribution in [1.29, 1.82) is 0 Å². The van der Waals surface area contributed by atoms with E-state index in [-0.39, 0.29) is 0 Å². The lowest BCUT2D eigenvalue weighted by Gasteiger charge is -2.42. The summed E-state index contributed by atoms with van der Waals surface area (Å²) >= 11 is 5.40. The highest BCUT2D eigenvalue weighted by atomic mass is 32.3. The average Bonchev–Trinajstić information content (AvgIpc) is 2.81. The number of hydrogen-bond acceptors (Lipinski definition) is 3. The van der Waals surface area contributed by atoms with Crippen molar-refractivity contribution in [1.82, 2.24) is 10.0 Å². The van der Waals surface area contributed by atoms with Gasteiger partial charge in [0.05, 0.1) is 0 Å². The van der Waals surface area contributed by atoms with E-state index < -0.39 is 14.8 Å². The number of nitrogens with one attached hydrogen (secondary N) is 2. The highest BCUT2D eigenvalue weighted by Crippen LogP contribution is 2.33. The fourth-order valence-corrected chi connectivity index (χ4v) is 6.49. The fourth-order valence-electron chi connectivity index (χ4n) is 2.69. The highest BCUT2D eigenvalue weighted by Gasteiger charge is 2.46. The van der Waals surface area contributed by atoms with Gasteiger partial charge in [0.1, 0.15) is 10.5 Å². The zero-order valence-corrected chi connectivity index (χ0v) is 16.0. The van der Waals surface area contributed by atoms with Crippen LogP contribution in [0, 0.1) is 0 Å². The molecule has 0 aliphatic carbocycles. The van der Waals surface area contributed by atoms with Gasteiger partial charge in [0, 0.05) is 20.8 Å². The summed E-state index contributed by atoms with van der Waals surface area (Å²) in [7, 11) is -1.60. The number of hydrogen-bond donors (Lipinski definition) is 2. The molecule has 1 aromatic carbocycles. The lowest BCUT2D eigenvalue weighted by Crippen LogP contribution is -2.59. The van der Waals surface area contributed by atoms with E-state index in [2.05, 4.69) is 17.0 Å². The molecule has 128 valence electrons. The maximum Gasteiger partial charge on any atom is 0.184 e. The molecule has 2 N–H and O–H groups in total. The maximum absolute atomic E-state index is 14.4. The third kappa shape index (κ3) is 3.54. The lowest BCUT2D eigenvalue weighted by molar-refractivity contribution is 0.649. The predicted octanol–water partition coefficient (Wildman–Crippen LogP) is 3.01. The Hall–Kier alpha value is -1.11. The van der Waals surface area contributed by atoms with Gasteiger partial charge in [-0.3, -0.25) is 8.93 Å². The first-order valence-electron chi connectivity index (χ1n) is 8.02. The van der Waals surface area contributed by atoms with Crippen LogP contribution in [-0.4, -0.2) is 32.7 Å². The van der Waals surface area contributed by atoms with E-state index in [1.165, 1.54) is 0 Å². The minimum absolute atomic E-state index is 0.430. The van der Waals surface area contributed by atoms with Crippen molar-refractivity contribution in [2.24, 2.45) is 4.99 Å². The van der Waals surface area contributed by atoms with Crippen LogP contribution in [0.3, 0.4) is 0 Å². The molecular weight excluding hydrogens is 326 g/mol. The third-order valence-corrected chi connectivity index (χ3v) is 9.06. The van der Waals surface area contributed by atoms with Gasteiger partial charge in [-0.1, -0.05) is 55.9 Å². The molecule has 1 aliphatic heterocycles. The molecule has 0 radical (unpaired) electrons. The summed E-state index contributed by atoms with van der Waals surface area (Å²) in [5, 5.41) is 3.69. The Morgan fingerprint density at radius 3 is 2.43 bits per heavy atom. The molecule has 0 amide bonds. The minimum Gasteiger partial charge on any atom is -0.326 e. The van der Waals surface area contributed by atoms with Crippen molar-refractivity contribution in [2.75, 3.05) is 12.8 Å². The number of amidine groups is 1. The summed E-state index contributed by atoms with van der Waals surface area (Å²) in [5.74, 6) is 0.989. The SMILES string of the molecule is CCCCS(=O)(Cc1ccccc1)(NC)C1=NC(C)(C)C(=S)N1. The molecule has 6 heteroatoms. The zero-order chi connectivity index (χ0) is 17.2. The van der Waals surface area contributed by atoms with E-state index in [9.17, 15) is 4.21 Å². The first-order chi connectivity index (χ1) is 10.7. The van der Waals surface area contributed by atoms with Crippen LogP contribution in [-0.2, 0) is 15.0 Å². The van der Waals surface area contributed by atoms with Crippen molar-refractivity contribution in [2.45, 2.75) is 44.9 Å². The van der Waals surface area contributed by atoms with Crippen molar-refractivity contribution in [3.8, 4) is 0 Å². The Morgan fingerprint density at radius 2 is 1.96 bits per heavy atom. The molecule has 1 heterocycles. The summed E-state index contributed by atoms with van der Waals surface area (Å²) < 4.78 is 17.5. The average molecular weight is 354 g/mol. The quantitative estimate of drug-likeness (QED) is 0.773. The Bertz CT molecular complexity index is 682. The summed E-state index contributed by atoms with van der Waals surface area (Å²) in [6.45, 7) is 6.00. The number of rotatable bonds is 6. The molecule has 0 unspecified atom stereocenters. The molecule has 2 rings (SSSR count). The molecule has 1 aliphatic rings. The third-order valence-electron chi connectivity index (χ3n) is 4.32. The number of aliphatic imine (C=N–C) groups is 1. The van der Waals surface area contributed by atoms with Crippen molar-refractivity contribution >= 4 is 31.6 Å². The number of benzene rings is 1. The van der Waals surface area contributed by atoms with Crippen LogP contribution < -0.4 is 10.0 Å². The Morgan fingerprint density at radius 1 is 1.30 bits per heavy atom. The van der Waals surface area contributed by atoms with Gasteiger partial charge in [0.15, 0.2) is 5.17 Å². The molecule has 0 saturated heterocycles. The van der Waals surface area contributed by atoms with Crippen LogP contribution in [0.2, 0.25) is 0 Å². The lowest BCUT2D eigenvalue weighted by atomic mass is 10.1. The number of nitrogens with zero attached hydrogens (tertiary/aromatic N) is 1. The molecule has 0 aromatic heterocycles. The summed E-state index contributed by atoms with van der Waals surface area (Å²) in [6.07, 6.45) is 1.85. The van der Waals surface area contributed by atoms with E-state index in [0.29, 0.717) is 21.7 Å². The van der Waals surface area contributed by atoms with Crippen LogP contribution in [0.15, 0.2) is 35.3 Å². The van der Waals surface area contributed by atoms with Gasteiger partial charge in [-0.2, -0.15) is 0 Å². The van der Waals surface area contributed by atoms with Gasteiger partial charge in [0.2, 0.25) is 0 Å². The Balaban J connectivity index is 2.52. The molecular formula is C17H27N3OS2. The molecule has 0 atom stereocenters. The van der Waals surface area contributed by atoms with Gasteiger partial charge >= 0.3 is 0 Å². The Labute approximate surface area is 144 Å². The first kappa shape index (κ1) is 18.2. The van der Waals surface area contributed by atoms with Crippen molar-refractivity contribution < 1.29 is 4.21 Å². The van der Waals surface area contributed by atoms with Gasteiger partial charge in [0.25, 0.3) is 0 Å². The summed E-state index contributed by atoms with van der Waals surface area (Å²) in [4.78, 5) is 5.33. The van der Waals surface area contributed by atoms with E-state index in [1.807, 2.05) is 44.2 Å². The summed E-state index contributed by atoms with van der Waals surface area (Å²) in [6, 6.07) is 9.93. The molecule has 0 bridgehead atoms. The zero-order valence-electron chi connectivity index (χ0n) is 14.4. The first-order valence-corrected chi connectivity index (χ1v) is 10.7. The molecule has 4 nitrogen and oxygen atoms in total.